The molecule has 2 nitrogen and oxygen atoms in total. The highest BCUT2D eigenvalue weighted by molar-refractivity contribution is 6.48. The maximum absolute atomic E-state index is 8.63. The van der Waals surface area contributed by atoms with Crippen LogP contribution in [-0.4, -0.2) is 17.2 Å². The van der Waals surface area contributed by atoms with Crippen molar-refractivity contribution in [3.63, 3.8) is 0 Å². The van der Waals surface area contributed by atoms with Gasteiger partial charge >= 0.3 is 7.12 Å². The van der Waals surface area contributed by atoms with Crippen molar-refractivity contribution in [2.45, 2.75) is 19.8 Å². The van der Waals surface area contributed by atoms with Gasteiger partial charge in [0.2, 0.25) is 0 Å². The molecule has 0 amide bonds. The van der Waals surface area contributed by atoms with Gasteiger partial charge in [0.05, 0.1) is 0 Å². The van der Waals surface area contributed by atoms with Crippen LogP contribution < -0.4 is 0 Å². The first-order valence-electron chi connectivity index (χ1n) is 4.74. The molecule has 2 N–H and O–H groups in total. The molecular formula is C11H15BO2. The fourth-order valence-electron chi connectivity index (χ4n) is 1.19. The van der Waals surface area contributed by atoms with Crippen molar-refractivity contribution in [3.8, 4) is 0 Å². The molecule has 3 heteroatoms. The minimum absolute atomic E-state index is 0.525. The van der Waals surface area contributed by atoms with E-state index in [4.69, 9.17) is 10.0 Å². The fraction of sp³-hybridized carbons (Fsp3) is 0.273. The third-order valence-corrected chi connectivity index (χ3v) is 2.06. The van der Waals surface area contributed by atoms with Gasteiger partial charge in [-0.3, -0.25) is 0 Å². The monoisotopic (exact) mass is 190 g/mol. The third kappa shape index (κ3) is 3.36. The van der Waals surface area contributed by atoms with E-state index in [1.165, 1.54) is 11.5 Å². The van der Waals surface area contributed by atoms with Crippen molar-refractivity contribution in [2.24, 2.45) is 0 Å². The topological polar surface area (TPSA) is 40.5 Å². The van der Waals surface area contributed by atoms with E-state index in [-0.39, 0.29) is 0 Å². The van der Waals surface area contributed by atoms with Gasteiger partial charge in [-0.1, -0.05) is 50.2 Å². The maximum atomic E-state index is 8.63. The van der Waals surface area contributed by atoms with Crippen molar-refractivity contribution < 1.29 is 10.0 Å². The van der Waals surface area contributed by atoms with E-state index in [1.54, 1.807) is 6.08 Å². The first-order chi connectivity index (χ1) is 6.59. The summed E-state index contributed by atoms with van der Waals surface area (Å²) >= 11 is 0. The van der Waals surface area contributed by atoms with Gasteiger partial charge < -0.3 is 10.0 Å². The number of hydrogen-bond acceptors (Lipinski definition) is 2. The van der Waals surface area contributed by atoms with Crippen LogP contribution in [0.3, 0.4) is 0 Å². The largest absolute Gasteiger partial charge is 0.480 e. The zero-order valence-electron chi connectivity index (χ0n) is 8.51. The van der Waals surface area contributed by atoms with E-state index in [2.05, 4.69) is 13.8 Å². The molecule has 0 heterocycles. The molecule has 0 spiro atoms. The Morgan fingerprint density at radius 1 is 1.14 bits per heavy atom. The highest BCUT2D eigenvalue weighted by atomic mass is 16.4. The summed E-state index contributed by atoms with van der Waals surface area (Å²) in [6.45, 7) is 4.28. The molecule has 0 unspecified atom stereocenters. The van der Waals surface area contributed by atoms with Gasteiger partial charge in [0, 0.05) is 0 Å². The van der Waals surface area contributed by atoms with Crippen LogP contribution in [-0.2, 0) is 0 Å². The van der Waals surface area contributed by atoms with Crippen LogP contribution in [0, 0.1) is 0 Å². The maximum Gasteiger partial charge on any atom is 0.480 e. The average Bonchev–Trinajstić information content (AvgIpc) is 2.15. The first kappa shape index (κ1) is 11.0. The van der Waals surface area contributed by atoms with Crippen molar-refractivity contribution in [1.29, 1.82) is 0 Å². The molecule has 0 saturated carbocycles. The number of rotatable bonds is 3. The normalized spacial score (nSPS) is 11.2. The van der Waals surface area contributed by atoms with Crippen LogP contribution in [0.15, 0.2) is 30.2 Å². The summed E-state index contributed by atoms with van der Waals surface area (Å²) in [6, 6.07) is 8.03. The lowest BCUT2D eigenvalue weighted by Crippen LogP contribution is -2.05. The first-order valence-corrected chi connectivity index (χ1v) is 4.74. The van der Waals surface area contributed by atoms with Crippen molar-refractivity contribution >= 4 is 13.2 Å². The quantitative estimate of drug-likeness (QED) is 0.713. The van der Waals surface area contributed by atoms with Gasteiger partial charge in [0.1, 0.15) is 0 Å². The van der Waals surface area contributed by atoms with Gasteiger partial charge in [-0.05, 0) is 17.0 Å². The standard InChI is InChI=1S/C11H15BO2/c1-9(2)11-5-3-10(4-6-11)7-8-12(13)14/h3-9,13-14H,1-2H3/b8-7+. The SMILES string of the molecule is CC(C)c1ccc(/C=C/B(O)O)cc1. The van der Waals surface area contributed by atoms with E-state index < -0.39 is 7.12 Å². The van der Waals surface area contributed by atoms with E-state index in [1.807, 2.05) is 24.3 Å². The highest BCUT2D eigenvalue weighted by Gasteiger charge is 1.99. The Labute approximate surface area is 85.0 Å². The highest BCUT2D eigenvalue weighted by Crippen LogP contribution is 2.15. The van der Waals surface area contributed by atoms with Crippen LogP contribution in [0.5, 0.6) is 0 Å². The third-order valence-electron chi connectivity index (χ3n) is 2.06. The molecule has 0 radical (unpaired) electrons. The lowest BCUT2D eigenvalue weighted by atomic mass is 9.90. The summed E-state index contributed by atoms with van der Waals surface area (Å²) in [5, 5.41) is 17.3. The smallest absolute Gasteiger partial charge is 0.424 e. The van der Waals surface area contributed by atoms with Crippen LogP contribution in [0.4, 0.5) is 0 Å². The molecule has 14 heavy (non-hydrogen) atoms. The molecule has 1 aromatic rings. The fourth-order valence-corrected chi connectivity index (χ4v) is 1.19. The molecule has 74 valence electrons. The summed E-state index contributed by atoms with van der Waals surface area (Å²) < 4.78 is 0. The summed E-state index contributed by atoms with van der Waals surface area (Å²) in [7, 11) is -1.38. The summed E-state index contributed by atoms with van der Waals surface area (Å²) in [5.41, 5.74) is 2.26. The molecule has 0 bridgehead atoms. The van der Waals surface area contributed by atoms with Gasteiger partial charge in [0.15, 0.2) is 0 Å². The molecule has 0 aromatic heterocycles. The van der Waals surface area contributed by atoms with Crippen molar-refractivity contribution in [2.75, 3.05) is 0 Å². The average molecular weight is 190 g/mol. The Kier molecular flexibility index (Phi) is 3.92. The zero-order valence-corrected chi connectivity index (χ0v) is 8.51. The second kappa shape index (κ2) is 4.98. The Morgan fingerprint density at radius 3 is 2.14 bits per heavy atom. The van der Waals surface area contributed by atoms with E-state index in [0.29, 0.717) is 5.92 Å². The Hall–Kier alpha value is -1.06. The molecule has 0 aliphatic rings. The van der Waals surface area contributed by atoms with Gasteiger partial charge in [-0.25, -0.2) is 0 Å². The van der Waals surface area contributed by atoms with E-state index >= 15 is 0 Å². The summed E-state index contributed by atoms with van der Waals surface area (Å²) in [5.74, 6) is 1.86. The van der Waals surface area contributed by atoms with Gasteiger partial charge in [-0.15, -0.1) is 0 Å². The van der Waals surface area contributed by atoms with Crippen molar-refractivity contribution in [1.82, 2.24) is 0 Å². The molecule has 0 aliphatic carbocycles. The molecular weight excluding hydrogens is 175 g/mol. The minimum Gasteiger partial charge on any atom is -0.424 e. The Bertz CT molecular complexity index is 302. The minimum atomic E-state index is -1.38. The molecule has 0 aliphatic heterocycles. The number of benzene rings is 1. The Balaban J connectivity index is 2.73. The lowest BCUT2D eigenvalue weighted by molar-refractivity contribution is 0.424. The van der Waals surface area contributed by atoms with E-state index in [9.17, 15) is 0 Å². The van der Waals surface area contributed by atoms with E-state index in [0.717, 1.165) is 5.56 Å². The molecule has 0 atom stereocenters. The molecule has 0 fully saturated rings. The number of hydrogen-bond donors (Lipinski definition) is 2. The van der Waals surface area contributed by atoms with Crippen LogP contribution in [0.2, 0.25) is 0 Å². The second-order valence-electron chi connectivity index (χ2n) is 3.59. The second-order valence-corrected chi connectivity index (χ2v) is 3.59. The van der Waals surface area contributed by atoms with Gasteiger partial charge in [0.25, 0.3) is 0 Å². The Morgan fingerprint density at radius 2 is 1.71 bits per heavy atom. The summed E-state index contributed by atoms with van der Waals surface area (Å²) in [4.78, 5) is 0. The summed E-state index contributed by atoms with van der Waals surface area (Å²) in [6.07, 6.45) is 1.69. The molecule has 1 aromatic carbocycles. The van der Waals surface area contributed by atoms with Gasteiger partial charge in [-0.2, -0.15) is 0 Å². The zero-order chi connectivity index (χ0) is 10.6. The lowest BCUT2D eigenvalue weighted by Gasteiger charge is -2.04. The van der Waals surface area contributed by atoms with Crippen LogP contribution >= 0.6 is 0 Å². The molecule has 0 saturated heterocycles. The van der Waals surface area contributed by atoms with Crippen molar-refractivity contribution in [3.05, 3.63) is 41.4 Å². The predicted octanol–water partition coefficient (Wildman–Crippen LogP) is 1.84. The predicted molar refractivity (Wildman–Crippen MR) is 59.8 cm³/mol. The van der Waals surface area contributed by atoms with Crippen LogP contribution in [0.25, 0.3) is 6.08 Å². The van der Waals surface area contributed by atoms with Crippen LogP contribution in [0.1, 0.15) is 30.9 Å². The molecule has 1 rings (SSSR count).